The summed E-state index contributed by atoms with van der Waals surface area (Å²) in [4.78, 5) is 27.2. The zero-order chi connectivity index (χ0) is 22.8. The number of rotatable bonds is 7. The van der Waals surface area contributed by atoms with Crippen LogP contribution in [0.1, 0.15) is 11.4 Å². The molecule has 172 valence electrons. The summed E-state index contributed by atoms with van der Waals surface area (Å²) in [5.74, 6) is 1.42. The van der Waals surface area contributed by atoms with Gasteiger partial charge in [0, 0.05) is 67.9 Å². The number of benzene rings is 1. The van der Waals surface area contributed by atoms with Gasteiger partial charge in [-0.2, -0.15) is 0 Å². The van der Waals surface area contributed by atoms with Crippen LogP contribution in [0.3, 0.4) is 0 Å². The van der Waals surface area contributed by atoms with E-state index in [2.05, 4.69) is 20.2 Å². The van der Waals surface area contributed by atoms with E-state index in [1.54, 1.807) is 42.2 Å². The Bertz CT molecular complexity index is 1310. The van der Waals surface area contributed by atoms with Crippen molar-refractivity contribution >= 4 is 27.6 Å². The molecule has 8 nitrogen and oxygen atoms in total. The highest BCUT2D eigenvalue weighted by atomic mass is 32.1. The third-order valence-corrected chi connectivity index (χ3v) is 7.47. The highest BCUT2D eigenvalue weighted by Crippen LogP contribution is 2.33. The van der Waals surface area contributed by atoms with Gasteiger partial charge in [-0.3, -0.25) is 19.0 Å². The smallest absolute Gasteiger partial charge is 0.258 e. The van der Waals surface area contributed by atoms with Gasteiger partial charge >= 0.3 is 0 Å². The van der Waals surface area contributed by atoms with Crippen molar-refractivity contribution < 1.29 is 9.47 Å². The van der Waals surface area contributed by atoms with Crippen molar-refractivity contribution in [2.45, 2.75) is 13.1 Å². The molecule has 0 N–H and O–H groups in total. The maximum atomic E-state index is 12.2. The molecule has 0 saturated carbocycles. The summed E-state index contributed by atoms with van der Waals surface area (Å²) in [5, 5.41) is 5.00. The molecule has 1 saturated heterocycles. The quantitative estimate of drug-likeness (QED) is 0.400. The molecule has 1 aliphatic rings. The second-order valence-corrected chi connectivity index (χ2v) is 9.64. The van der Waals surface area contributed by atoms with Gasteiger partial charge in [-0.25, -0.2) is 9.97 Å². The Hall–Kier alpha value is -2.79. The first-order valence-electron chi connectivity index (χ1n) is 10.7. The Labute approximate surface area is 199 Å². The van der Waals surface area contributed by atoms with E-state index < -0.39 is 0 Å². The van der Waals surface area contributed by atoms with E-state index in [-0.39, 0.29) is 5.56 Å². The fourth-order valence-electron chi connectivity index (χ4n) is 4.01. The number of nitrogens with zero attached hydrogens (tertiary/aromatic N) is 5. The van der Waals surface area contributed by atoms with Crippen LogP contribution >= 0.6 is 22.7 Å². The van der Waals surface area contributed by atoms with Crippen LogP contribution in [0.5, 0.6) is 11.5 Å². The van der Waals surface area contributed by atoms with E-state index in [4.69, 9.17) is 14.5 Å². The van der Waals surface area contributed by atoms with Crippen molar-refractivity contribution in [3.05, 3.63) is 63.0 Å². The number of hydrogen-bond donors (Lipinski definition) is 0. The molecule has 4 aromatic rings. The maximum Gasteiger partial charge on any atom is 0.258 e. The predicted octanol–water partition coefficient (Wildman–Crippen LogP) is 3.21. The number of ether oxygens (including phenoxy) is 2. The van der Waals surface area contributed by atoms with Crippen LogP contribution in [-0.2, 0) is 13.1 Å². The lowest BCUT2D eigenvalue weighted by Crippen LogP contribution is -2.45. The Morgan fingerprint density at radius 2 is 1.64 bits per heavy atom. The number of hydrogen-bond acceptors (Lipinski definition) is 9. The minimum Gasteiger partial charge on any atom is -0.493 e. The molecule has 0 aliphatic carbocycles. The van der Waals surface area contributed by atoms with Crippen molar-refractivity contribution in [1.29, 1.82) is 0 Å². The molecule has 1 aliphatic heterocycles. The Kier molecular flexibility index (Phi) is 6.41. The lowest BCUT2D eigenvalue weighted by Gasteiger charge is -2.34. The highest BCUT2D eigenvalue weighted by molar-refractivity contribution is 7.15. The van der Waals surface area contributed by atoms with Crippen LogP contribution in [0.4, 0.5) is 0 Å². The summed E-state index contributed by atoms with van der Waals surface area (Å²) < 4.78 is 12.3. The maximum absolute atomic E-state index is 12.2. The predicted molar refractivity (Wildman–Crippen MR) is 131 cm³/mol. The van der Waals surface area contributed by atoms with Crippen molar-refractivity contribution in [2.24, 2.45) is 0 Å². The van der Waals surface area contributed by atoms with Crippen LogP contribution in [0.2, 0.25) is 0 Å². The van der Waals surface area contributed by atoms with Crippen molar-refractivity contribution in [3.8, 4) is 22.1 Å². The molecule has 0 amide bonds. The normalized spacial score (nSPS) is 15.2. The first kappa shape index (κ1) is 22.0. The van der Waals surface area contributed by atoms with Crippen LogP contribution < -0.4 is 15.0 Å². The van der Waals surface area contributed by atoms with Gasteiger partial charge in [-0.15, -0.1) is 22.7 Å². The van der Waals surface area contributed by atoms with Crippen molar-refractivity contribution in [1.82, 2.24) is 24.2 Å². The lowest BCUT2D eigenvalue weighted by molar-refractivity contribution is 0.120. The molecule has 10 heteroatoms. The molecule has 0 atom stereocenters. The van der Waals surface area contributed by atoms with Crippen LogP contribution in [0.15, 0.2) is 46.0 Å². The second-order valence-electron chi connectivity index (χ2n) is 7.91. The summed E-state index contributed by atoms with van der Waals surface area (Å²) in [7, 11) is 3.28. The van der Waals surface area contributed by atoms with Gasteiger partial charge in [0.2, 0.25) is 0 Å². The molecule has 0 unspecified atom stereocenters. The zero-order valence-electron chi connectivity index (χ0n) is 18.6. The first-order valence-corrected chi connectivity index (χ1v) is 12.5. The van der Waals surface area contributed by atoms with E-state index in [9.17, 15) is 4.79 Å². The second kappa shape index (κ2) is 9.60. The summed E-state index contributed by atoms with van der Waals surface area (Å²) >= 11 is 3.14. The van der Waals surface area contributed by atoms with Gasteiger partial charge in [0.25, 0.3) is 5.56 Å². The molecule has 0 spiro atoms. The molecular weight excluding hydrogens is 458 g/mol. The number of piperazine rings is 1. The molecule has 33 heavy (non-hydrogen) atoms. The van der Waals surface area contributed by atoms with Gasteiger partial charge in [-0.05, 0) is 18.2 Å². The van der Waals surface area contributed by atoms with Crippen molar-refractivity contribution in [3.63, 3.8) is 0 Å². The van der Waals surface area contributed by atoms with Gasteiger partial charge < -0.3 is 9.47 Å². The third-order valence-electron chi connectivity index (χ3n) is 5.77. The van der Waals surface area contributed by atoms with E-state index >= 15 is 0 Å². The molecule has 5 rings (SSSR count). The number of aromatic nitrogens is 3. The molecule has 3 aromatic heterocycles. The topological polar surface area (TPSA) is 72.2 Å². The summed E-state index contributed by atoms with van der Waals surface area (Å²) in [6.07, 6.45) is 1.77. The molecule has 0 radical (unpaired) electrons. The largest absolute Gasteiger partial charge is 0.493 e. The Balaban J connectivity index is 1.18. The number of thiazole rings is 2. The third kappa shape index (κ3) is 4.79. The lowest BCUT2D eigenvalue weighted by atomic mass is 10.2. The molecule has 4 heterocycles. The number of fused-ring (bicyclic) bond motifs is 1. The van der Waals surface area contributed by atoms with E-state index in [1.807, 2.05) is 23.6 Å². The minimum absolute atomic E-state index is 0.0105. The molecule has 0 bridgehead atoms. The summed E-state index contributed by atoms with van der Waals surface area (Å²) in [6.45, 7) is 5.35. The fraction of sp³-hybridized carbons (Fsp3) is 0.348. The SMILES string of the molecule is COc1ccc(-c2nc(CN3CCN(Cc4cc(=O)n5ccsc5n4)CC3)cs2)cc1OC. The van der Waals surface area contributed by atoms with E-state index in [0.29, 0.717) is 18.0 Å². The fourth-order valence-corrected chi connectivity index (χ4v) is 5.56. The van der Waals surface area contributed by atoms with Gasteiger partial charge in [-0.1, -0.05) is 0 Å². The van der Waals surface area contributed by atoms with Crippen molar-refractivity contribution in [2.75, 3.05) is 40.4 Å². The summed E-state index contributed by atoms with van der Waals surface area (Å²) in [5.41, 5.74) is 2.94. The summed E-state index contributed by atoms with van der Waals surface area (Å²) in [6, 6.07) is 7.54. The number of methoxy groups -OCH3 is 2. The average Bonchev–Trinajstić information content (AvgIpc) is 3.50. The Morgan fingerprint density at radius 1 is 0.909 bits per heavy atom. The molecular formula is C23H25N5O3S2. The van der Waals surface area contributed by atoms with Crippen LogP contribution in [0, 0.1) is 0 Å². The minimum atomic E-state index is -0.0105. The van der Waals surface area contributed by atoms with Crippen LogP contribution in [0.25, 0.3) is 15.5 Å². The monoisotopic (exact) mass is 483 g/mol. The van der Waals surface area contributed by atoms with Gasteiger partial charge in [0.05, 0.1) is 25.6 Å². The van der Waals surface area contributed by atoms with E-state index in [0.717, 1.165) is 59.6 Å². The highest BCUT2D eigenvalue weighted by Gasteiger charge is 2.19. The average molecular weight is 484 g/mol. The van der Waals surface area contributed by atoms with Gasteiger partial charge in [0.1, 0.15) is 5.01 Å². The van der Waals surface area contributed by atoms with Gasteiger partial charge in [0.15, 0.2) is 16.5 Å². The van der Waals surface area contributed by atoms with E-state index in [1.165, 1.54) is 11.3 Å². The van der Waals surface area contributed by atoms with Crippen LogP contribution in [-0.4, -0.2) is 64.6 Å². The zero-order valence-corrected chi connectivity index (χ0v) is 20.2. The Morgan fingerprint density at radius 3 is 2.36 bits per heavy atom. The first-order chi connectivity index (χ1) is 16.1. The molecule has 1 fully saturated rings. The molecule has 1 aromatic carbocycles. The standard InChI is InChI=1S/C23H25N5O3S2/c1-30-19-4-3-16(11-20(19)31-2)22-24-18(15-33-22)14-27-7-5-26(6-8-27)13-17-12-21(29)28-9-10-32-23(28)25-17/h3-4,9-12,15H,5-8,13-14H2,1-2H3.